The van der Waals surface area contributed by atoms with Gasteiger partial charge in [-0.05, 0) is 49.4 Å². The van der Waals surface area contributed by atoms with Gasteiger partial charge in [-0.2, -0.15) is 0 Å². The summed E-state index contributed by atoms with van der Waals surface area (Å²) in [5.41, 5.74) is 2.96. The molecule has 26 heavy (non-hydrogen) atoms. The van der Waals surface area contributed by atoms with E-state index in [0.717, 1.165) is 5.56 Å². The lowest BCUT2D eigenvalue weighted by Crippen LogP contribution is -2.12. The van der Waals surface area contributed by atoms with E-state index in [1.165, 1.54) is 0 Å². The van der Waals surface area contributed by atoms with Crippen LogP contribution in [-0.4, -0.2) is 18.0 Å². The molecule has 0 aliphatic carbocycles. The highest BCUT2D eigenvalue weighted by Gasteiger charge is 2.08. The quantitative estimate of drug-likeness (QED) is 0.662. The molecule has 2 N–H and O–H groups in total. The maximum Gasteiger partial charge on any atom is 0.255 e. The van der Waals surface area contributed by atoms with E-state index in [1.54, 1.807) is 49.7 Å². The fourth-order valence-electron chi connectivity index (χ4n) is 2.45. The first-order valence-corrected chi connectivity index (χ1v) is 8.37. The Morgan fingerprint density at radius 1 is 1.12 bits per heavy atom. The van der Waals surface area contributed by atoms with E-state index in [9.17, 15) is 4.79 Å². The summed E-state index contributed by atoms with van der Waals surface area (Å²) in [5.74, 6) is 1.10. The molecule has 3 aromatic rings. The zero-order valence-electron chi connectivity index (χ0n) is 14.4. The summed E-state index contributed by atoms with van der Waals surface area (Å²) in [7, 11) is 1.59. The Morgan fingerprint density at radius 3 is 2.65 bits per heavy atom. The summed E-state index contributed by atoms with van der Waals surface area (Å²) >= 11 is 6.03. The second-order valence-electron chi connectivity index (χ2n) is 5.73. The average Bonchev–Trinajstić information content (AvgIpc) is 2.63. The molecule has 0 unspecified atom stereocenters. The molecule has 0 bridgehead atoms. The average molecular weight is 368 g/mol. The minimum Gasteiger partial charge on any atom is -0.495 e. The van der Waals surface area contributed by atoms with E-state index in [2.05, 4.69) is 15.6 Å². The van der Waals surface area contributed by atoms with Gasteiger partial charge in [0.15, 0.2) is 0 Å². The number of hydrogen-bond acceptors (Lipinski definition) is 4. The highest BCUT2D eigenvalue weighted by atomic mass is 35.5. The van der Waals surface area contributed by atoms with Crippen LogP contribution in [0.4, 0.5) is 17.2 Å². The van der Waals surface area contributed by atoms with E-state index in [1.807, 2.05) is 25.1 Å². The van der Waals surface area contributed by atoms with Crippen molar-refractivity contribution < 1.29 is 9.53 Å². The van der Waals surface area contributed by atoms with Gasteiger partial charge in [-0.15, -0.1) is 0 Å². The van der Waals surface area contributed by atoms with Gasteiger partial charge >= 0.3 is 0 Å². The molecule has 1 aromatic heterocycles. The van der Waals surface area contributed by atoms with Crippen molar-refractivity contribution in [1.29, 1.82) is 0 Å². The summed E-state index contributed by atoms with van der Waals surface area (Å²) in [4.78, 5) is 16.6. The second-order valence-corrected chi connectivity index (χ2v) is 6.16. The van der Waals surface area contributed by atoms with Crippen LogP contribution in [0, 0.1) is 6.92 Å². The number of aryl methyl sites for hydroxylation is 1. The molecule has 0 aliphatic heterocycles. The largest absolute Gasteiger partial charge is 0.495 e. The van der Waals surface area contributed by atoms with Gasteiger partial charge in [0, 0.05) is 10.6 Å². The van der Waals surface area contributed by atoms with Crippen LogP contribution < -0.4 is 15.4 Å². The maximum absolute atomic E-state index is 12.3. The van der Waals surface area contributed by atoms with E-state index in [4.69, 9.17) is 16.3 Å². The van der Waals surface area contributed by atoms with Crippen LogP contribution in [0.15, 0.2) is 60.8 Å². The Balaban J connectivity index is 1.71. The van der Waals surface area contributed by atoms with Gasteiger partial charge in [-0.1, -0.05) is 29.3 Å². The lowest BCUT2D eigenvalue weighted by atomic mass is 10.1. The molecular weight excluding hydrogens is 350 g/mol. The van der Waals surface area contributed by atoms with Crippen LogP contribution in [0.3, 0.4) is 0 Å². The second kappa shape index (κ2) is 7.89. The Bertz CT molecular complexity index is 927. The van der Waals surface area contributed by atoms with Crippen molar-refractivity contribution in [2.45, 2.75) is 6.92 Å². The number of carbonyl (C=O) groups excluding carboxylic acids is 1. The molecule has 0 saturated carbocycles. The summed E-state index contributed by atoms with van der Waals surface area (Å²) < 4.78 is 5.30. The molecule has 0 fully saturated rings. The lowest BCUT2D eigenvalue weighted by Gasteiger charge is -2.11. The Hall–Kier alpha value is -3.05. The third-order valence-electron chi connectivity index (χ3n) is 3.73. The fraction of sp³-hybridized carbons (Fsp3) is 0.100. The third kappa shape index (κ3) is 4.32. The Kier molecular flexibility index (Phi) is 5.39. The number of rotatable bonds is 5. The highest BCUT2D eigenvalue weighted by Crippen LogP contribution is 2.30. The molecule has 1 heterocycles. The zero-order chi connectivity index (χ0) is 18.5. The predicted octanol–water partition coefficient (Wildman–Crippen LogP) is 5.05. The topological polar surface area (TPSA) is 63.2 Å². The van der Waals surface area contributed by atoms with E-state index in [0.29, 0.717) is 33.5 Å². The number of halogens is 1. The van der Waals surface area contributed by atoms with Gasteiger partial charge in [0.1, 0.15) is 11.6 Å². The van der Waals surface area contributed by atoms with Gasteiger partial charge in [0.05, 0.1) is 24.7 Å². The maximum atomic E-state index is 12.3. The molecule has 0 atom stereocenters. The summed E-state index contributed by atoms with van der Waals surface area (Å²) in [5, 5.41) is 6.58. The van der Waals surface area contributed by atoms with E-state index < -0.39 is 0 Å². The van der Waals surface area contributed by atoms with Crippen LogP contribution in [-0.2, 0) is 0 Å². The molecule has 0 spiro atoms. The van der Waals surface area contributed by atoms with Crippen molar-refractivity contribution in [2.24, 2.45) is 0 Å². The first kappa shape index (κ1) is 17.8. The molecule has 5 nitrogen and oxygen atoms in total. The number of nitrogens with zero attached hydrogens (tertiary/aromatic N) is 1. The monoisotopic (exact) mass is 367 g/mol. The van der Waals surface area contributed by atoms with Crippen molar-refractivity contribution in [1.82, 2.24) is 4.98 Å². The Morgan fingerprint density at radius 2 is 1.96 bits per heavy atom. The third-order valence-corrected chi connectivity index (χ3v) is 3.96. The van der Waals surface area contributed by atoms with Crippen molar-refractivity contribution >= 4 is 34.7 Å². The van der Waals surface area contributed by atoms with Crippen LogP contribution in [0.1, 0.15) is 15.9 Å². The standard InChI is InChI=1S/C20H18ClN3O2/c1-13-4-3-5-14(10-13)20(25)23-16-7-9-19(22-12-16)24-17-11-15(21)6-8-18(17)26-2/h3-12H,1-2H3,(H,22,24)(H,23,25). The SMILES string of the molecule is COc1ccc(Cl)cc1Nc1ccc(NC(=O)c2cccc(C)c2)cn1. The van der Waals surface area contributed by atoms with Gasteiger partial charge in [-0.25, -0.2) is 4.98 Å². The number of nitrogens with one attached hydrogen (secondary N) is 2. The highest BCUT2D eigenvalue weighted by molar-refractivity contribution is 6.31. The number of anilines is 3. The van der Waals surface area contributed by atoms with Gasteiger partial charge in [0.2, 0.25) is 0 Å². The number of methoxy groups -OCH3 is 1. The van der Waals surface area contributed by atoms with Crippen molar-refractivity contribution in [3.63, 3.8) is 0 Å². The number of benzene rings is 2. The minimum absolute atomic E-state index is 0.173. The van der Waals surface area contributed by atoms with E-state index in [-0.39, 0.29) is 5.91 Å². The molecule has 0 saturated heterocycles. The molecule has 0 radical (unpaired) electrons. The smallest absolute Gasteiger partial charge is 0.255 e. The van der Waals surface area contributed by atoms with Crippen LogP contribution in [0.25, 0.3) is 0 Å². The summed E-state index contributed by atoms with van der Waals surface area (Å²) in [6, 6.07) is 16.3. The lowest BCUT2D eigenvalue weighted by molar-refractivity contribution is 0.102. The number of carbonyl (C=O) groups is 1. The van der Waals surface area contributed by atoms with Crippen LogP contribution in [0.2, 0.25) is 5.02 Å². The zero-order valence-corrected chi connectivity index (χ0v) is 15.2. The van der Waals surface area contributed by atoms with Crippen molar-refractivity contribution in [3.8, 4) is 5.75 Å². The fourth-order valence-corrected chi connectivity index (χ4v) is 2.62. The van der Waals surface area contributed by atoms with Crippen LogP contribution in [0.5, 0.6) is 5.75 Å². The molecule has 1 amide bonds. The number of pyridine rings is 1. The van der Waals surface area contributed by atoms with Gasteiger partial charge < -0.3 is 15.4 Å². The molecule has 2 aromatic carbocycles. The van der Waals surface area contributed by atoms with Crippen molar-refractivity contribution in [2.75, 3.05) is 17.7 Å². The minimum atomic E-state index is -0.173. The normalized spacial score (nSPS) is 10.3. The van der Waals surface area contributed by atoms with Gasteiger partial charge in [-0.3, -0.25) is 4.79 Å². The first-order chi connectivity index (χ1) is 12.5. The van der Waals surface area contributed by atoms with Crippen LogP contribution >= 0.6 is 11.6 Å². The number of aromatic nitrogens is 1. The molecule has 6 heteroatoms. The molecular formula is C20H18ClN3O2. The molecule has 132 valence electrons. The molecule has 0 aliphatic rings. The Labute approximate surface area is 157 Å². The number of ether oxygens (including phenoxy) is 1. The first-order valence-electron chi connectivity index (χ1n) is 8.00. The number of hydrogen-bond donors (Lipinski definition) is 2. The van der Waals surface area contributed by atoms with E-state index >= 15 is 0 Å². The van der Waals surface area contributed by atoms with Crippen molar-refractivity contribution in [3.05, 3.63) is 76.9 Å². The molecule has 3 rings (SSSR count). The van der Waals surface area contributed by atoms with Gasteiger partial charge in [0.25, 0.3) is 5.91 Å². The summed E-state index contributed by atoms with van der Waals surface area (Å²) in [6.45, 7) is 1.95. The summed E-state index contributed by atoms with van der Waals surface area (Å²) in [6.07, 6.45) is 1.59. The number of amides is 1. The predicted molar refractivity (Wildman–Crippen MR) is 105 cm³/mol.